The Morgan fingerprint density at radius 1 is 1.33 bits per heavy atom. The minimum atomic E-state index is -0.314. The summed E-state index contributed by atoms with van der Waals surface area (Å²) in [5.41, 5.74) is 10.3. The van der Waals surface area contributed by atoms with Gasteiger partial charge in [-0.05, 0) is 36.5 Å². The maximum atomic E-state index is 11.4. The molecule has 0 unspecified atom stereocenters. The van der Waals surface area contributed by atoms with Crippen LogP contribution in [-0.2, 0) is 0 Å². The summed E-state index contributed by atoms with van der Waals surface area (Å²) in [6.07, 6.45) is 0. The van der Waals surface area contributed by atoms with Gasteiger partial charge in [-0.3, -0.25) is 15.6 Å². The molecule has 0 saturated heterocycles. The summed E-state index contributed by atoms with van der Waals surface area (Å²) in [7, 11) is 1.56. The molecule has 0 fully saturated rings. The molecule has 0 aliphatic heterocycles. The van der Waals surface area contributed by atoms with Crippen LogP contribution >= 0.6 is 12.2 Å². The number of rotatable bonds is 2. The topological polar surface area (TPSA) is 76.4 Å². The van der Waals surface area contributed by atoms with Crippen molar-refractivity contribution >= 4 is 23.2 Å². The molecule has 0 aliphatic carbocycles. The van der Waals surface area contributed by atoms with Crippen molar-refractivity contribution in [3.05, 3.63) is 29.8 Å². The number of hydrogen-bond donors (Lipinski definition) is 3. The van der Waals surface area contributed by atoms with Gasteiger partial charge < -0.3 is 10.5 Å². The predicted octanol–water partition coefficient (Wildman–Crippen LogP) is 0.173. The Bertz CT molecular complexity index is 364. The first-order chi connectivity index (χ1) is 7.13. The number of carbonyl (C=O) groups excluding carboxylic acids is 1. The molecule has 1 aromatic rings. The van der Waals surface area contributed by atoms with Gasteiger partial charge in [0.25, 0.3) is 5.91 Å². The van der Waals surface area contributed by atoms with E-state index in [2.05, 4.69) is 23.1 Å². The highest BCUT2D eigenvalue weighted by molar-refractivity contribution is 7.80. The maximum absolute atomic E-state index is 11.4. The lowest BCUT2D eigenvalue weighted by molar-refractivity contribution is 0.0944. The van der Waals surface area contributed by atoms with E-state index in [1.165, 1.54) is 0 Å². The zero-order valence-electron chi connectivity index (χ0n) is 8.11. The molecular formula is C9H11N3O2S. The number of hydrazine groups is 1. The number of carbonyl (C=O) groups is 1. The van der Waals surface area contributed by atoms with Gasteiger partial charge in [-0.1, -0.05) is 0 Å². The molecule has 0 aromatic heterocycles. The fraction of sp³-hybridized carbons (Fsp3) is 0.111. The summed E-state index contributed by atoms with van der Waals surface area (Å²) >= 11 is 4.54. The van der Waals surface area contributed by atoms with E-state index in [1.807, 2.05) is 0 Å². The fourth-order valence-electron chi connectivity index (χ4n) is 0.933. The molecule has 0 radical (unpaired) electrons. The van der Waals surface area contributed by atoms with Crippen LogP contribution in [0.4, 0.5) is 0 Å². The molecule has 0 spiro atoms. The van der Waals surface area contributed by atoms with E-state index in [0.29, 0.717) is 11.3 Å². The van der Waals surface area contributed by atoms with Gasteiger partial charge in [-0.25, -0.2) is 0 Å². The van der Waals surface area contributed by atoms with Gasteiger partial charge in [0.15, 0.2) is 5.11 Å². The fourth-order valence-corrected chi connectivity index (χ4v) is 0.984. The van der Waals surface area contributed by atoms with Crippen LogP contribution in [0.2, 0.25) is 0 Å². The minimum absolute atomic E-state index is 0.0110. The second-order valence-corrected chi connectivity index (χ2v) is 3.11. The van der Waals surface area contributed by atoms with Crippen LogP contribution in [0.5, 0.6) is 5.75 Å². The lowest BCUT2D eigenvalue weighted by Gasteiger charge is -2.06. The van der Waals surface area contributed by atoms with Crippen molar-refractivity contribution in [3.63, 3.8) is 0 Å². The lowest BCUT2D eigenvalue weighted by Crippen LogP contribution is -2.44. The van der Waals surface area contributed by atoms with E-state index < -0.39 is 0 Å². The van der Waals surface area contributed by atoms with Crippen LogP contribution in [-0.4, -0.2) is 18.1 Å². The molecule has 80 valence electrons. The van der Waals surface area contributed by atoms with Gasteiger partial charge in [-0.2, -0.15) is 0 Å². The highest BCUT2D eigenvalue weighted by atomic mass is 32.1. The van der Waals surface area contributed by atoms with Crippen molar-refractivity contribution in [3.8, 4) is 5.75 Å². The molecular weight excluding hydrogens is 214 g/mol. The van der Waals surface area contributed by atoms with E-state index in [4.69, 9.17) is 10.5 Å². The summed E-state index contributed by atoms with van der Waals surface area (Å²) < 4.78 is 4.96. The van der Waals surface area contributed by atoms with E-state index in [9.17, 15) is 4.79 Å². The van der Waals surface area contributed by atoms with Crippen molar-refractivity contribution in [1.82, 2.24) is 10.9 Å². The number of thiocarbonyl (C=S) groups is 1. The molecule has 0 atom stereocenters. The van der Waals surface area contributed by atoms with E-state index >= 15 is 0 Å². The van der Waals surface area contributed by atoms with Crippen LogP contribution in [0.15, 0.2) is 24.3 Å². The first kappa shape index (κ1) is 11.3. The Morgan fingerprint density at radius 3 is 2.40 bits per heavy atom. The van der Waals surface area contributed by atoms with Crippen molar-refractivity contribution in [2.45, 2.75) is 0 Å². The monoisotopic (exact) mass is 225 g/mol. The lowest BCUT2D eigenvalue weighted by atomic mass is 10.2. The quantitative estimate of drug-likeness (QED) is 0.494. The molecule has 0 heterocycles. The van der Waals surface area contributed by atoms with Crippen LogP contribution in [0, 0.1) is 0 Å². The number of nitrogens with two attached hydrogens (primary N) is 1. The van der Waals surface area contributed by atoms with Gasteiger partial charge in [0.1, 0.15) is 5.75 Å². The van der Waals surface area contributed by atoms with Gasteiger partial charge in [-0.15, -0.1) is 0 Å². The highest BCUT2D eigenvalue weighted by Gasteiger charge is 2.04. The summed E-state index contributed by atoms with van der Waals surface area (Å²) in [6, 6.07) is 6.65. The van der Waals surface area contributed by atoms with E-state index in [-0.39, 0.29) is 11.0 Å². The van der Waals surface area contributed by atoms with Crippen molar-refractivity contribution < 1.29 is 9.53 Å². The van der Waals surface area contributed by atoms with Crippen LogP contribution < -0.4 is 21.3 Å². The number of hydrogen-bond acceptors (Lipinski definition) is 3. The third-order valence-corrected chi connectivity index (χ3v) is 1.75. The maximum Gasteiger partial charge on any atom is 0.269 e. The molecule has 1 amide bonds. The van der Waals surface area contributed by atoms with Gasteiger partial charge >= 0.3 is 0 Å². The van der Waals surface area contributed by atoms with Crippen LogP contribution in [0.1, 0.15) is 10.4 Å². The second kappa shape index (κ2) is 5.16. The Kier molecular flexibility index (Phi) is 3.87. The Morgan fingerprint density at radius 2 is 1.93 bits per heavy atom. The van der Waals surface area contributed by atoms with Crippen molar-refractivity contribution in [2.75, 3.05) is 7.11 Å². The smallest absolute Gasteiger partial charge is 0.269 e. The molecule has 0 saturated carbocycles. The Balaban J connectivity index is 2.62. The Labute approximate surface area is 92.6 Å². The number of benzene rings is 1. The average molecular weight is 225 g/mol. The predicted molar refractivity (Wildman–Crippen MR) is 60.4 cm³/mol. The van der Waals surface area contributed by atoms with Crippen molar-refractivity contribution in [1.29, 1.82) is 0 Å². The van der Waals surface area contributed by atoms with E-state index in [1.54, 1.807) is 31.4 Å². The number of ether oxygens (including phenoxy) is 1. The average Bonchev–Trinajstić information content (AvgIpc) is 2.26. The first-order valence-corrected chi connectivity index (χ1v) is 4.54. The molecule has 15 heavy (non-hydrogen) atoms. The molecule has 1 rings (SSSR count). The Hall–Kier alpha value is -1.82. The third-order valence-electron chi connectivity index (χ3n) is 1.65. The van der Waals surface area contributed by atoms with Gasteiger partial charge in [0.2, 0.25) is 0 Å². The summed E-state index contributed by atoms with van der Waals surface area (Å²) in [5.74, 6) is 0.374. The van der Waals surface area contributed by atoms with Gasteiger partial charge in [0.05, 0.1) is 7.11 Å². The standard InChI is InChI=1S/C9H11N3O2S/c1-14-7-4-2-6(3-5-7)8(13)11-12-9(10)15/h2-5H,1H3,(H,11,13)(H3,10,12,15). The second-order valence-electron chi connectivity index (χ2n) is 2.67. The molecule has 1 aromatic carbocycles. The zero-order chi connectivity index (χ0) is 11.3. The molecule has 0 aliphatic rings. The first-order valence-electron chi connectivity index (χ1n) is 4.13. The summed E-state index contributed by atoms with van der Waals surface area (Å²) in [6.45, 7) is 0. The number of nitrogens with one attached hydrogen (secondary N) is 2. The summed E-state index contributed by atoms with van der Waals surface area (Å²) in [5, 5.41) is 0.0110. The SMILES string of the molecule is COc1ccc(C(=O)NNC(N)=S)cc1. The van der Waals surface area contributed by atoms with Gasteiger partial charge in [0, 0.05) is 5.56 Å². The van der Waals surface area contributed by atoms with Crippen molar-refractivity contribution in [2.24, 2.45) is 5.73 Å². The molecule has 0 bridgehead atoms. The molecule has 4 N–H and O–H groups in total. The zero-order valence-corrected chi connectivity index (χ0v) is 8.93. The number of methoxy groups -OCH3 is 1. The van der Waals surface area contributed by atoms with E-state index in [0.717, 1.165) is 0 Å². The molecule has 5 nitrogen and oxygen atoms in total. The third kappa shape index (κ3) is 3.43. The highest BCUT2D eigenvalue weighted by Crippen LogP contribution is 2.10. The van der Waals surface area contributed by atoms with Crippen LogP contribution in [0.25, 0.3) is 0 Å². The summed E-state index contributed by atoms with van der Waals surface area (Å²) in [4.78, 5) is 11.4. The normalized spacial score (nSPS) is 9.13. The minimum Gasteiger partial charge on any atom is -0.497 e. The van der Waals surface area contributed by atoms with Crippen LogP contribution in [0.3, 0.4) is 0 Å². The largest absolute Gasteiger partial charge is 0.497 e. The number of amides is 1. The molecule has 6 heteroatoms.